The molecule has 30 heavy (non-hydrogen) atoms. The van der Waals surface area contributed by atoms with Crippen LogP contribution in [0.3, 0.4) is 0 Å². The van der Waals surface area contributed by atoms with E-state index in [1.54, 1.807) is 0 Å². The van der Waals surface area contributed by atoms with Gasteiger partial charge in [0.1, 0.15) is 5.82 Å². The third kappa shape index (κ3) is 4.45. The van der Waals surface area contributed by atoms with E-state index < -0.39 is 0 Å². The van der Waals surface area contributed by atoms with E-state index >= 15 is 0 Å². The van der Waals surface area contributed by atoms with Gasteiger partial charge in [-0.15, -0.1) is 5.10 Å². The van der Waals surface area contributed by atoms with Crippen LogP contribution in [0.25, 0.3) is 22.5 Å². The topological polar surface area (TPSA) is 85.2 Å². The molecule has 0 radical (unpaired) electrons. The zero-order valence-corrected chi connectivity index (χ0v) is 17.7. The standard InChI is InChI=1S/C23H27N7/c1-4-21-24-22(14-9-16(2)3)30(27-21)15-17-10-12-18(13-11-17)19-7-5-6-8-20(19)23-25-28-29-26-23/h5-8,10-13,16H,4,9,14-15H2,1-3H3,(H,25,26,28,29). The van der Waals surface area contributed by atoms with Crippen LogP contribution in [0.1, 0.15) is 44.4 Å². The molecular formula is C23H27N7. The van der Waals surface area contributed by atoms with Crippen molar-refractivity contribution in [2.45, 2.75) is 46.6 Å². The summed E-state index contributed by atoms with van der Waals surface area (Å²) in [5.41, 5.74) is 4.40. The second-order valence-electron chi connectivity index (χ2n) is 7.88. The Hall–Kier alpha value is -3.35. The highest BCUT2D eigenvalue weighted by molar-refractivity contribution is 5.80. The van der Waals surface area contributed by atoms with Crippen molar-refractivity contribution in [3.05, 3.63) is 65.7 Å². The highest BCUT2D eigenvalue weighted by Crippen LogP contribution is 2.29. The molecule has 4 rings (SSSR count). The lowest BCUT2D eigenvalue weighted by Gasteiger charge is -2.10. The van der Waals surface area contributed by atoms with Gasteiger partial charge in [0.15, 0.2) is 11.6 Å². The SMILES string of the molecule is CCc1nc(CCC(C)C)n(Cc2ccc(-c3ccccc3-c3nnn[nH]3)cc2)n1. The Morgan fingerprint density at radius 2 is 1.77 bits per heavy atom. The summed E-state index contributed by atoms with van der Waals surface area (Å²) in [5, 5.41) is 19.0. The number of nitrogens with one attached hydrogen (secondary N) is 1. The number of aromatic nitrogens is 7. The van der Waals surface area contributed by atoms with Crippen LogP contribution in [0.5, 0.6) is 0 Å². The number of hydrogen-bond acceptors (Lipinski definition) is 5. The maximum absolute atomic E-state index is 4.73. The van der Waals surface area contributed by atoms with Crippen molar-refractivity contribution in [3.63, 3.8) is 0 Å². The molecule has 0 bridgehead atoms. The van der Waals surface area contributed by atoms with Crippen molar-refractivity contribution in [1.29, 1.82) is 0 Å². The maximum atomic E-state index is 4.73. The number of hydrogen-bond donors (Lipinski definition) is 1. The highest BCUT2D eigenvalue weighted by atomic mass is 15.5. The summed E-state index contributed by atoms with van der Waals surface area (Å²) >= 11 is 0. The lowest BCUT2D eigenvalue weighted by Crippen LogP contribution is -2.08. The van der Waals surface area contributed by atoms with Gasteiger partial charge in [0.25, 0.3) is 0 Å². The predicted octanol–water partition coefficient (Wildman–Crippen LogP) is 4.32. The van der Waals surface area contributed by atoms with Crippen LogP contribution < -0.4 is 0 Å². The van der Waals surface area contributed by atoms with Crippen molar-refractivity contribution in [3.8, 4) is 22.5 Å². The van der Waals surface area contributed by atoms with E-state index in [1.165, 1.54) is 5.56 Å². The minimum Gasteiger partial charge on any atom is -0.245 e. The summed E-state index contributed by atoms with van der Waals surface area (Å²) in [6.45, 7) is 7.32. The molecule has 0 saturated heterocycles. The summed E-state index contributed by atoms with van der Waals surface area (Å²) in [6, 6.07) is 16.7. The molecule has 4 aromatic rings. The molecule has 2 aromatic heterocycles. The van der Waals surface area contributed by atoms with Crippen molar-refractivity contribution >= 4 is 0 Å². The molecule has 0 saturated carbocycles. The van der Waals surface area contributed by atoms with Gasteiger partial charge in [-0.2, -0.15) is 5.10 Å². The van der Waals surface area contributed by atoms with Crippen LogP contribution in [0.4, 0.5) is 0 Å². The first kappa shape index (κ1) is 19.9. The van der Waals surface area contributed by atoms with Gasteiger partial charge in [-0.1, -0.05) is 69.3 Å². The second kappa shape index (κ2) is 8.98. The van der Waals surface area contributed by atoms with Crippen LogP contribution in [0.15, 0.2) is 48.5 Å². The van der Waals surface area contributed by atoms with Gasteiger partial charge in [-0.05, 0) is 39.5 Å². The van der Waals surface area contributed by atoms with Crippen LogP contribution in [0.2, 0.25) is 0 Å². The molecule has 0 atom stereocenters. The molecular weight excluding hydrogens is 374 g/mol. The number of H-pyrrole nitrogens is 1. The molecule has 0 aliphatic carbocycles. The van der Waals surface area contributed by atoms with Crippen LogP contribution in [-0.4, -0.2) is 35.4 Å². The second-order valence-corrected chi connectivity index (χ2v) is 7.88. The largest absolute Gasteiger partial charge is 0.245 e. The summed E-state index contributed by atoms with van der Waals surface area (Å²) in [5.74, 6) is 3.31. The number of aryl methyl sites for hydroxylation is 2. The Balaban J connectivity index is 1.57. The first-order valence-corrected chi connectivity index (χ1v) is 10.5. The average molecular weight is 402 g/mol. The van der Waals surface area contributed by atoms with Gasteiger partial charge in [-0.3, -0.25) is 0 Å². The molecule has 2 aromatic carbocycles. The maximum Gasteiger partial charge on any atom is 0.180 e. The molecule has 0 spiro atoms. The third-order valence-electron chi connectivity index (χ3n) is 5.18. The van der Waals surface area contributed by atoms with E-state index in [9.17, 15) is 0 Å². The minimum atomic E-state index is 0.652. The monoisotopic (exact) mass is 401 g/mol. The Morgan fingerprint density at radius 3 is 2.43 bits per heavy atom. The van der Waals surface area contributed by atoms with Crippen molar-refractivity contribution < 1.29 is 0 Å². The van der Waals surface area contributed by atoms with E-state index in [0.29, 0.717) is 11.7 Å². The molecule has 7 nitrogen and oxygen atoms in total. The van der Waals surface area contributed by atoms with Crippen molar-refractivity contribution in [2.75, 3.05) is 0 Å². The van der Waals surface area contributed by atoms with Gasteiger partial charge in [0.05, 0.1) is 6.54 Å². The summed E-state index contributed by atoms with van der Waals surface area (Å²) in [6.07, 6.45) is 2.93. The number of aromatic amines is 1. The van der Waals surface area contributed by atoms with Gasteiger partial charge in [0, 0.05) is 18.4 Å². The molecule has 1 N–H and O–H groups in total. The summed E-state index contributed by atoms with van der Waals surface area (Å²) in [7, 11) is 0. The van der Waals surface area contributed by atoms with Crippen LogP contribution in [0, 0.1) is 5.92 Å². The van der Waals surface area contributed by atoms with Gasteiger partial charge in [0.2, 0.25) is 0 Å². The van der Waals surface area contributed by atoms with Crippen LogP contribution >= 0.6 is 0 Å². The number of tetrazole rings is 1. The van der Waals surface area contributed by atoms with E-state index in [0.717, 1.165) is 54.1 Å². The first-order valence-electron chi connectivity index (χ1n) is 10.5. The van der Waals surface area contributed by atoms with E-state index in [-0.39, 0.29) is 0 Å². The zero-order valence-electron chi connectivity index (χ0n) is 17.7. The first-order chi connectivity index (χ1) is 14.6. The fourth-order valence-corrected chi connectivity index (χ4v) is 3.48. The summed E-state index contributed by atoms with van der Waals surface area (Å²) < 4.78 is 2.06. The van der Waals surface area contributed by atoms with Crippen LogP contribution in [-0.2, 0) is 19.4 Å². The smallest absolute Gasteiger partial charge is 0.180 e. The predicted molar refractivity (Wildman–Crippen MR) is 117 cm³/mol. The lowest BCUT2D eigenvalue weighted by atomic mass is 9.98. The lowest BCUT2D eigenvalue weighted by molar-refractivity contribution is 0.547. The summed E-state index contributed by atoms with van der Waals surface area (Å²) in [4.78, 5) is 4.73. The van der Waals surface area contributed by atoms with Crippen molar-refractivity contribution in [1.82, 2.24) is 35.4 Å². The van der Waals surface area contributed by atoms with E-state index in [4.69, 9.17) is 10.1 Å². The van der Waals surface area contributed by atoms with Gasteiger partial charge < -0.3 is 0 Å². The zero-order chi connectivity index (χ0) is 20.9. The molecule has 2 heterocycles. The molecule has 0 aliphatic heterocycles. The number of benzene rings is 2. The molecule has 7 heteroatoms. The minimum absolute atomic E-state index is 0.652. The molecule has 0 fully saturated rings. The highest BCUT2D eigenvalue weighted by Gasteiger charge is 2.12. The average Bonchev–Trinajstić information content (AvgIpc) is 3.43. The third-order valence-corrected chi connectivity index (χ3v) is 5.18. The quantitative estimate of drug-likeness (QED) is 0.475. The molecule has 0 amide bonds. The van der Waals surface area contributed by atoms with Gasteiger partial charge >= 0.3 is 0 Å². The van der Waals surface area contributed by atoms with Crippen molar-refractivity contribution in [2.24, 2.45) is 5.92 Å². The fraction of sp³-hybridized carbons (Fsp3) is 0.348. The normalized spacial score (nSPS) is 11.3. The number of rotatable bonds is 8. The van der Waals surface area contributed by atoms with E-state index in [2.05, 4.69) is 76.4 Å². The molecule has 154 valence electrons. The Labute approximate surface area is 176 Å². The van der Waals surface area contributed by atoms with Gasteiger partial charge in [-0.25, -0.2) is 14.8 Å². The Bertz CT molecular complexity index is 1080. The molecule has 0 unspecified atom stereocenters. The Kier molecular flexibility index (Phi) is 5.97. The Morgan fingerprint density at radius 1 is 1.00 bits per heavy atom. The molecule has 0 aliphatic rings. The fourth-order valence-electron chi connectivity index (χ4n) is 3.48. The number of nitrogens with zero attached hydrogens (tertiary/aromatic N) is 6. The van der Waals surface area contributed by atoms with E-state index in [1.807, 2.05) is 18.2 Å².